The molecular formula is C13H12BrFN2O3S. The van der Waals surface area contributed by atoms with Crippen molar-refractivity contribution in [1.82, 2.24) is 0 Å². The smallest absolute Gasteiger partial charge is 0.262 e. The van der Waals surface area contributed by atoms with E-state index in [-0.39, 0.29) is 10.6 Å². The molecule has 0 saturated heterocycles. The van der Waals surface area contributed by atoms with E-state index < -0.39 is 15.8 Å². The van der Waals surface area contributed by atoms with Gasteiger partial charge in [-0.1, -0.05) is 0 Å². The second kappa shape index (κ2) is 5.90. The Labute approximate surface area is 130 Å². The van der Waals surface area contributed by atoms with Crippen molar-refractivity contribution in [1.29, 1.82) is 0 Å². The van der Waals surface area contributed by atoms with Crippen LogP contribution in [0.25, 0.3) is 0 Å². The Morgan fingerprint density at radius 1 is 1.24 bits per heavy atom. The van der Waals surface area contributed by atoms with Crippen molar-refractivity contribution in [2.24, 2.45) is 0 Å². The van der Waals surface area contributed by atoms with Crippen molar-refractivity contribution >= 4 is 37.3 Å². The van der Waals surface area contributed by atoms with Crippen LogP contribution in [-0.2, 0) is 10.0 Å². The van der Waals surface area contributed by atoms with E-state index in [2.05, 4.69) is 20.7 Å². The minimum Gasteiger partial charge on any atom is -0.496 e. The number of halogens is 2. The predicted octanol–water partition coefficient (Wildman–Crippen LogP) is 2.98. The average Bonchev–Trinajstić information content (AvgIpc) is 2.37. The van der Waals surface area contributed by atoms with Crippen LogP contribution in [0.15, 0.2) is 45.8 Å². The van der Waals surface area contributed by atoms with E-state index in [0.29, 0.717) is 15.9 Å². The maximum absolute atomic E-state index is 13.3. The Morgan fingerprint density at radius 3 is 2.52 bits per heavy atom. The molecule has 0 atom stereocenters. The fraction of sp³-hybridized carbons (Fsp3) is 0.0769. The lowest BCUT2D eigenvalue weighted by Crippen LogP contribution is -2.13. The molecule has 0 aliphatic carbocycles. The van der Waals surface area contributed by atoms with Crippen LogP contribution in [0.5, 0.6) is 5.75 Å². The molecule has 0 unspecified atom stereocenters. The zero-order chi connectivity index (χ0) is 15.6. The minimum atomic E-state index is -3.93. The summed E-state index contributed by atoms with van der Waals surface area (Å²) in [5.41, 5.74) is 5.80. The van der Waals surface area contributed by atoms with Gasteiger partial charge in [-0.3, -0.25) is 4.72 Å². The molecule has 0 bridgehead atoms. The lowest BCUT2D eigenvalue weighted by atomic mass is 10.3. The summed E-state index contributed by atoms with van der Waals surface area (Å²) in [4.78, 5) is -0.244. The van der Waals surface area contributed by atoms with Crippen LogP contribution in [0, 0.1) is 5.82 Å². The van der Waals surface area contributed by atoms with Crippen molar-refractivity contribution in [3.05, 3.63) is 46.7 Å². The van der Waals surface area contributed by atoms with Gasteiger partial charge in [-0.25, -0.2) is 12.8 Å². The van der Waals surface area contributed by atoms with Crippen molar-refractivity contribution in [2.45, 2.75) is 4.90 Å². The molecular weight excluding hydrogens is 363 g/mol. The second-order valence-electron chi connectivity index (χ2n) is 4.18. The summed E-state index contributed by atoms with van der Waals surface area (Å²) in [6.45, 7) is 0. The number of sulfonamides is 1. The third kappa shape index (κ3) is 3.64. The molecule has 8 heteroatoms. The Balaban J connectivity index is 2.35. The van der Waals surface area contributed by atoms with Crippen LogP contribution in [0.1, 0.15) is 0 Å². The maximum Gasteiger partial charge on any atom is 0.262 e. The maximum atomic E-state index is 13.3. The summed E-state index contributed by atoms with van der Waals surface area (Å²) < 4.78 is 45.6. The summed E-state index contributed by atoms with van der Waals surface area (Å²) in [5.74, 6) is -0.153. The van der Waals surface area contributed by atoms with Crippen LogP contribution in [0.3, 0.4) is 0 Å². The molecule has 0 heterocycles. The van der Waals surface area contributed by atoms with Crippen LogP contribution in [-0.4, -0.2) is 15.5 Å². The number of ether oxygens (including phenoxy) is 1. The van der Waals surface area contributed by atoms with E-state index in [4.69, 9.17) is 10.5 Å². The molecule has 21 heavy (non-hydrogen) atoms. The van der Waals surface area contributed by atoms with Crippen LogP contribution in [0.4, 0.5) is 15.8 Å². The Hall–Kier alpha value is -1.80. The van der Waals surface area contributed by atoms with Gasteiger partial charge in [0.2, 0.25) is 0 Å². The van der Waals surface area contributed by atoms with Gasteiger partial charge in [0.25, 0.3) is 10.0 Å². The topological polar surface area (TPSA) is 81.4 Å². The Morgan fingerprint density at radius 2 is 1.95 bits per heavy atom. The highest BCUT2D eigenvalue weighted by Gasteiger charge is 2.16. The van der Waals surface area contributed by atoms with Gasteiger partial charge in [-0.2, -0.15) is 0 Å². The SMILES string of the molecule is COc1ccc(NS(=O)(=O)c2cc(N)cc(F)c2)cc1Br. The Bertz CT molecular complexity index is 761. The molecule has 0 fully saturated rings. The van der Waals surface area contributed by atoms with Gasteiger partial charge in [0.1, 0.15) is 11.6 Å². The van der Waals surface area contributed by atoms with E-state index >= 15 is 0 Å². The standard InChI is InChI=1S/C13H12BrFN2O3S/c1-20-13-3-2-10(7-12(13)14)17-21(18,19)11-5-8(15)4-9(16)6-11/h2-7,17H,16H2,1H3. The molecule has 0 saturated carbocycles. The van der Waals surface area contributed by atoms with E-state index in [1.54, 1.807) is 12.1 Å². The van der Waals surface area contributed by atoms with Gasteiger partial charge in [0.15, 0.2) is 0 Å². The molecule has 112 valence electrons. The number of nitrogens with one attached hydrogen (secondary N) is 1. The first-order chi connectivity index (χ1) is 9.81. The average molecular weight is 375 g/mol. The molecule has 3 N–H and O–H groups in total. The number of hydrogen-bond acceptors (Lipinski definition) is 4. The first-order valence-electron chi connectivity index (χ1n) is 5.74. The van der Waals surface area contributed by atoms with Crippen molar-refractivity contribution in [2.75, 3.05) is 17.6 Å². The van der Waals surface area contributed by atoms with Gasteiger partial charge in [0.05, 0.1) is 22.2 Å². The zero-order valence-corrected chi connectivity index (χ0v) is 13.3. The number of nitrogen functional groups attached to an aromatic ring is 1. The number of rotatable bonds is 4. The molecule has 5 nitrogen and oxygen atoms in total. The number of methoxy groups -OCH3 is 1. The molecule has 2 rings (SSSR count). The fourth-order valence-corrected chi connectivity index (χ4v) is 3.34. The van der Waals surface area contributed by atoms with Crippen LogP contribution in [0.2, 0.25) is 0 Å². The molecule has 0 spiro atoms. The molecule has 2 aromatic carbocycles. The third-order valence-corrected chi connectivity index (χ3v) is 4.59. The van der Waals surface area contributed by atoms with Gasteiger partial charge >= 0.3 is 0 Å². The monoisotopic (exact) mass is 374 g/mol. The summed E-state index contributed by atoms with van der Waals surface area (Å²) in [6.07, 6.45) is 0. The third-order valence-electron chi connectivity index (χ3n) is 2.61. The molecule has 0 aliphatic rings. The summed E-state index contributed by atoms with van der Waals surface area (Å²) in [5, 5.41) is 0. The highest BCUT2D eigenvalue weighted by Crippen LogP contribution is 2.29. The Kier molecular flexibility index (Phi) is 4.38. The van der Waals surface area contributed by atoms with Crippen molar-refractivity contribution < 1.29 is 17.5 Å². The van der Waals surface area contributed by atoms with Gasteiger partial charge in [-0.05, 0) is 52.3 Å². The molecule has 0 aliphatic heterocycles. The normalized spacial score (nSPS) is 11.2. The largest absolute Gasteiger partial charge is 0.496 e. The quantitative estimate of drug-likeness (QED) is 0.806. The molecule has 0 radical (unpaired) electrons. The lowest BCUT2D eigenvalue weighted by Gasteiger charge is -2.10. The van der Waals surface area contributed by atoms with Crippen LogP contribution < -0.4 is 15.2 Å². The first kappa shape index (κ1) is 15.6. The van der Waals surface area contributed by atoms with Gasteiger partial charge in [0, 0.05) is 5.69 Å². The number of benzene rings is 2. The van der Waals surface area contributed by atoms with Crippen molar-refractivity contribution in [3.8, 4) is 5.75 Å². The summed E-state index contributed by atoms with van der Waals surface area (Å²) >= 11 is 3.25. The highest BCUT2D eigenvalue weighted by atomic mass is 79.9. The van der Waals surface area contributed by atoms with Gasteiger partial charge in [-0.15, -0.1) is 0 Å². The minimum absolute atomic E-state index is 0.0336. The highest BCUT2D eigenvalue weighted by molar-refractivity contribution is 9.10. The number of nitrogens with two attached hydrogens (primary N) is 1. The fourth-order valence-electron chi connectivity index (χ4n) is 1.68. The summed E-state index contributed by atoms with van der Waals surface area (Å²) in [6, 6.07) is 7.80. The zero-order valence-electron chi connectivity index (χ0n) is 10.9. The van der Waals surface area contributed by atoms with Crippen LogP contribution >= 0.6 is 15.9 Å². The van der Waals surface area contributed by atoms with Crippen molar-refractivity contribution in [3.63, 3.8) is 0 Å². The number of anilines is 2. The number of hydrogen-bond donors (Lipinski definition) is 2. The predicted molar refractivity (Wildman–Crippen MR) is 82.3 cm³/mol. The van der Waals surface area contributed by atoms with E-state index in [1.165, 1.54) is 19.2 Å². The summed E-state index contributed by atoms with van der Waals surface area (Å²) in [7, 11) is -2.43. The van der Waals surface area contributed by atoms with E-state index in [1.807, 2.05) is 0 Å². The van der Waals surface area contributed by atoms with Gasteiger partial charge < -0.3 is 10.5 Å². The molecule has 2 aromatic rings. The first-order valence-corrected chi connectivity index (χ1v) is 8.02. The molecule has 0 aromatic heterocycles. The second-order valence-corrected chi connectivity index (χ2v) is 6.71. The van der Waals surface area contributed by atoms with E-state index in [9.17, 15) is 12.8 Å². The lowest BCUT2D eigenvalue weighted by molar-refractivity contribution is 0.412. The van der Waals surface area contributed by atoms with E-state index in [0.717, 1.165) is 12.1 Å². The molecule has 0 amide bonds.